The monoisotopic (exact) mass is 1060 g/mol. The van der Waals surface area contributed by atoms with Gasteiger partial charge in [0.2, 0.25) is 29.5 Å². The molecular formula is C56H83N7O13. The Balaban J connectivity index is 1.48. The zero-order valence-corrected chi connectivity index (χ0v) is 47.0. The average molecular weight is 1060 g/mol. The largest absolute Gasteiger partial charge is 0.458 e. The van der Waals surface area contributed by atoms with E-state index in [0.717, 1.165) is 39.7 Å². The molecule has 3 aliphatic heterocycles. The van der Waals surface area contributed by atoms with E-state index in [2.05, 4.69) is 10.6 Å². The minimum atomic E-state index is -1.07. The molecule has 0 radical (unpaired) electrons. The van der Waals surface area contributed by atoms with Gasteiger partial charge in [-0.3, -0.25) is 53.0 Å². The molecule has 4 rings (SSSR count). The normalized spacial score (nSPS) is 19.3. The Morgan fingerprint density at radius 1 is 0.776 bits per heavy atom. The van der Waals surface area contributed by atoms with Crippen LogP contribution in [0.3, 0.4) is 0 Å². The first-order valence-electron chi connectivity index (χ1n) is 26.5. The first-order chi connectivity index (χ1) is 35.7. The number of hydrogen-bond donors (Lipinski definition) is 2. The number of ether oxygens (including phenoxy) is 3. The number of esters is 1. The number of likely N-dealkylation sites (tertiary alicyclic amines) is 1. The average Bonchev–Trinajstić information content (AvgIpc) is 4.07. The summed E-state index contributed by atoms with van der Waals surface area (Å²) in [5.74, 6) is -7.19. The molecule has 1 aromatic carbocycles. The molecule has 0 aromatic heterocycles. The number of methoxy groups -OCH3 is 2. The molecule has 1 fully saturated rings. The summed E-state index contributed by atoms with van der Waals surface area (Å²) in [5.41, 5.74) is 0.0459. The second-order valence-electron chi connectivity index (χ2n) is 22.0. The number of carbonyl (C=O) groups is 10. The Kier molecular flexibility index (Phi) is 22.7. The number of rotatable bonds is 27. The second-order valence-corrected chi connectivity index (χ2v) is 22.0. The Hall–Kier alpha value is -6.28. The van der Waals surface area contributed by atoms with Gasteiger partial charge in [-0.1, -0.05) is 85.2 Å². The van der Waals surface area contributed by atoms with Gasteiger partial charge in [-0.2, -0.15) is 0 Å². The van der Waals surface area contributed by atoms with Gasteiger partial charge in [0.1, 0.15) is 23.7 Å². The molecule has 3 heterocycles. The number of carbonyl (C=O) groups excluding carboxylic acids is 10. The quantitative estimate of drug-likeness (QED) is 0.0948. The molecule has 1 saturated heterocycles. The highest BCUT2D eigenvalue weighted by Gasteiger charge is 2.45. The summed E-state index contributed by atoms with van der Waals surface area (Å²) in [6.07, 6.45) is 4.31. The number of likely N-dealkylation sites (N-methyl/N-ethyl adjacent to an activating group) is 2. The van der Waals surface area contributed by atoms with E-state index in [-0.39, 0.29) is 44.1 Å². The van der Waals surface area contributed by atoms with Gasteiger partial charge in [-0.15, -0.1) is 0 Å². The number of benzene rings is 1. The lowest BCUT2D eigenvalue weighted by molar-refractivity contribution is -0.159. The van der Waals surface area contributed by atoms with E-state index in [9.17, 15) is 47.9 Å². The van der Waals surface area contributed by atoms with Crippen LogP contribution in [0.25, 0.3) is 0 Å². The summed E-state index contributed by atoms with van der Waals surface area (Å²) < 4.78 is 17.8. The highest BCUT2D eigenvalue weighted by Crippen LogP contribution is 2.30. The fraction of sp³-hybridized carbons (Fsp3) is 0.643. The fourth-order valence-electron chi connectivity index (χ4n) is 10.4. The predicted octanol–water partition coefficient (Wildman–Crippen LogP) is 3.60. The van der Waals surface area contributed by atoms with Crippen LogP contribution in [0.4, 0.5) is 0 Å². The van der Waals surface area contributed by atoms with Crippen LogP contribution in [0.15, 0.2) is 54.6 Å². The highest BCUT2D eigenvalue weighted by molar-refractivity contribution is 6.14. The summed E-state index contributed by atoms with van der Waals surface area (Å²) in [7, 11) is 6.05. The first-order valence-corrected chi connectivity index (χ1v) is 26.5. The Bertz CT molecular complexity index is 2290. The van der Waals surface area contributed by atoms with Crippen LogP contribution in [-0.2, 0) is 68.6 Å². The number of nitrogens with zero attached hydrogens (tertiary/aromatic N) is 5. The summed E-state index contributed by atoms with van der Waals surface area (Å²) >= 11 is 0. The van der Waals surface area contributed by atoms with Gasteiger partial charge in [-0.25, -0.2) is 4.79 Å². The topological polar surface area (TPSA) is 239 Å². The van der Waals surface area contributed by atoms with Crippen LogP contribution in [-0.4, -0.2) is 179 Å². The van der Waals surface area contributed by atoms with E-state index in [1.807, 2.05) is 44.2 Å². The van der Waals surface area contributed by atoms with Crippen LogP contribution < -0.4 is 10.6 Å². The second kappa shape index (κ2) is 27.7. The van der Waals surface area contributed by atoms with Crippen LogP contribution in [0.5, 0.6) is 0 Å². The SMILES string of the molecule is CC[C@H](C)[C@@H]([C@@H](CC(=O)N1CCC[C@H]1[C@H](OC)[C@@H](C)C(=O)NC(Cc1ccccc1)C(=O)OC(C)(C)C)OC)N(C)C(=O)[C@@H](NC(=O)[C@H](C(C)C)N(C)C(=O)CCC(CN1C(=O)C=CC1=O)N1C(=O)C=CC1=O)C(C)C. The molecule has 0 spiro atoms. The van der Waals surface area contributed by atoms with Crippen molar-refractivity contribution in [1.82, 2.24) is 35.1 Å². The van der Waals surface area contributed by atoms with Crippen LogP contribution in [0, 0.1) is 23.7 Å². The standard InChI is InChI=1S/C56H83N7O13/c1-15-35(6)50(41(74-13)31-47(69)61-29-19-22-40(61)51(75-14)36(7)52(70)57-39(55(73)76-56(8,9)10)30-37-20-17-16-18-21-37)60(12)54(72)48(33(2)3)58-53(71)49(34(4)5)59(11)42(64)24-23-38(63-45(67)27-28-46(63)68)32-62-43(65)25-26-44(62)66/h16-18,20-21,25-28,33-36,38-41,48-51H,15,19,22-24,29-32H2,1-14H3,(H,57,70)(H,58,71)/t35-,36+,38?,39?,40-,41+,48-,49-,50-,51+/m0/s1. The fourth-order valence-corrected chi connectivity index (χ4v) is 10.4. The number of nitrogens with one attached hydrogen (secondary N) is 2. The minimum absolute atomic E-state index is 0.112. The van der Waals surface area contributed by atoms with Gasteiger partial charge >= 0.3 is 5.97 Å². The zero-order chi connectivity index (χ0) is 56.9. The van der Waals surface area contributed by atoms with E-state index < -0.39 is 125 Å². The summed E-state index contributed by atoms with van der Waals surface area (Å²) in [5, 5.41) is 5.84. The molecule has 9 amide bonds. The number of hydrogen-bond acceptors (Lipinski definition) is 13. The molecule has 0 saturated carbocycles. The summed E-state index contributed by atoms with van der Waals surface area (Å²) in [6, 6.07) is 4.03. The van der Waals surface area contributed by atoms with Crippen molar-refractivity contribution in [2.24, 2.45) is 23.7 Å². The third-order valence-electron chi connectivity index (χ3n) is 14.7. The van der Waals surface area contributed by atoms with E-state index in [1.54, 1.807) is 67.3 Å². The molecule has 2 N–H and O–H groups in total. The van der Waals surface area contributed by atoms with Crippen LogP contribution in [0.1, 0.15) is 113 Å². The van der Waals surface area contributed by atoms with Gasteiger partial charge in [-0.05, 0) is 63.4 Å². The molecule has 20 heteroatoms. The molecule has 76 heavy (non-hydrogen) atoms. The maximum absolute atomic E-state index is 14.8. The third kappa shape index (κ3) is 15.9. The molecule has 3 aliphatic rings. The van der Waals surface area contributed by atoms with Gasteiger partial charge < -0.3 is 39.5 Å². The van der Waals surface area contributed by atoms with Crippen LogP contribution >= 0.6 is 0 Å². The maximum Gasteiger partial charge on any atom is 0.329 e. The molecule has 420 valence electrons. The number of imide groups is 2. The van der Waals surface area contributed by atoms with Gasteiger partial charge in [0, 0.05) is 72.0 Å². The molecule has 20 nitrogen and oxygen atoms in total. The van der Waals surface area contributed by atoms with Gasteiger partial charge in [0.15, 0.2) is 0 Å². The van der Waals surface area contributed by atoms with Crippen molar-refractivity contribution < 1.29 is 62.2 Å². The molecule has 10 atom stereocenters. The predicted molar refractivity (Wildman–Crippen MR) is 282 cm³/mol. The van der Waals surface area contributed by atoms with E-state index in [1.165, 1.54) is 31.1 Å². The van der Waals surface area contributed by atoms with E-state index >= 15 is 0 Å². The van der Waals surface area contributed by atoms with Crippen molar-refractivity contribution in [1.29, 1.82) is 0 Å². The van der Waals surface area contributed by atoms with E-state index in [0.29, 0.717) is 25.8 Å². The Morgan fingerprint density at radius 2 is 1.37 bits per heavy atom. The molecular weight excluding hydrogens is 979 g/mol. The first kappa shape index (κ1) is 62.3. The van der Waals surface area contributed by atoms with Gasteiger partial charge in [0.05, 0.1) is 49.2 Å². The number of amides is 9. The lowest BCUT2D eigenvalue weighted by atomic mass is 9.89. The van der Waals surface area contributed by atoms with Crippen LogP contribution in [0.2, 0.25) is 0 Å². The molecule has 1 aromatic rings. The lowest BCUT2D eigenvalue weighted by Gasteiger charge is -2.41. The van der Waals surface area contributed by atoms with E-state index in [4.69, 9.17) is 14.2 Å². The maximum atomic E-state index is 14.8. The third-order valence-corrected chi connectivity index (χ3v) is 14.7. The minimum Gasteiger partial charge on any atom is -0.458 e. The molecule has 0 aliphatic carbocycles. The van der Waals surface area contributed by atoms with Crippen molar-refractivity contribution in [3.63, 3.8) is 0 Å². The van der Waals surface area contributed by atoms with Crippen molar-refractivity contribution in [2.75, 3.05) is 41.4 Å². The smallest absolute Gasteiger partial charge is 0.329 e. The van der Waals surface area contributed by atoms with Crippen molar-refractivity contribution >= 4 is 59.1 Å². The highest BCUT2D eigenvalue weighted by atomic mass is 16.6. The molecule has 0 bridgehead atoms. The summed E-state index contributed by atoms with van der Waals surface area (Å²) in [4.78, 5) is 142. The lowest BCUT2D eigenvalue weighted by Crippen LogP contribution is -2.60. The summed E-state index contributed by atoms with van der Waals surface area (Å²) in [6.45, 7) is 18.1. The zero-order valence-electron chi connectivity index (χ0n) is 47.0. The Morgan fingerprint density at radius 3 is 1.89 bits per heavy atom. The van der Waals surface area contributed by atoms with Crippen molar-refractivity contribution in [2.45, 2.75) is 168 Å². The Labute approximate surface area is 448 Å². The van der Waals surface area contributed by atoms with Crippen molar-refractivity contribution in [3.8, 4) is 0 Å². The van der Waals surface area contributed by atoms with Crippen molar-refractivity contribution in [3.05, 3.63) is 60.2 Å². The van der Waals surface area contributed by atoms with Gasteiger partial charge in [0.25, 0.3) is 23.6 Å². The molecule has 2 unspecified atom stereocenters.